The summed E-state index contributed by atoms with van der Waals surface area (Å²) in [6.45, 7) is 8.62. The Kier molecular flexibility index (Phi) is 3.35. The average molecular weight is 212 g/mol. The largest absolute Gasteiger partial charge is 0.192 e. The second-order valence-corrected chi connectivity index (χ2v) is 4.86. The van der Waals surface area contributed by atoms with Crippen LogP contribution in [-0.2, 0) is 5.41 Å². The molecular formula is C14H16N2. The van der Waals surface area contributed by atoms with Crippen LogP contribution in [0.1, 0.15) is 44.4 Å². The summed E-state index contributed by atoms with van der Waals surface area (Å²) in [5.74, 6) is 0.479. The Balaban J connectivity index is 3.31. The fourth-order valence-corrected chi connectivity index (χ4v) is 1.47. The van der Waals surface area contributed by atoms with Gasteiger partial charge in [-0.25, -0.2) is 0 Å². The van der Waals surface area contributed by atoms with Gasteiger partial charge in [0.2, 0.25) is 0 Å². The molecule has 82 valence electrons. The molecule has 0 fully saturated rings. The highest BCUT2D eigenvalue weighted by Gasteiger charge is 2.25. The van der Waals surface area contributed by atoms with E-state index in [-0.39, 0.29) is 5.41 Å². The summed E-state index contributed by atoms with van der Waals surface area (Å²) in [5, 5.41) is 17.8. The molecule has 16 heavy (non-hydrogen) atoms. The third-order valence-electron chi connectivity index (χ3n) is 3.45. The van der Waals surface area contributed by atoms with Crippen molar-refractivity contribution >= 4 is 0 Å². The number of nitriles is 2. The summed E-state index contributed by atoms with van der Waals surface area (Å²) in [6, 6.07) is 9.62. The second-order valence-electron chi connectivity index (χ2n) is 4.86. The molecule has 0 aliphatic rings. The quantitative estimate of drug-likeness (QED) is 0.754. The van der Waals surface area contributed by atoms with E-state index in [1.165, 1.54) is 0 Å². The molecule has 0 aliphatic carbocycles. The van der Waals surface area contributed by atoms with Crippen molar-refractivity contribution in [1.29, 1.82) is 10.5 Å². The molecule has 2 heteroatoms. The van der Waals surface area contributed by atoms with Crippen LogP contribution in [0.5, 0.6) is 0 Å². The normalized spacial score (nSPS) is 10.9. The predicted octanol–water partition coefficient (Wildman–Crippen LogP) is 3.36. The fraction of sp³-hybridized carbons (Fsp3) is 0.429. The zero-order valence-corrected chi connectivity index (χ0v) is 10.2. The molecule has 0 N–H and O–H groups in total. The Labute approximate surface area is 97.1 Å². The molecule has 0 saturated heterocycles. The molecule has 1 rings (SSSR count). The lowest BCUT2D eigenvalue weighted by Gasteiger charge is -2.30. The molecule has 0 amide bonds. The van der Waals surface area contributed by atoms with Crippen molar-refractivity contribution in [3.05, 3.63) is 34.9 Å². The SMILES string of the molecule is CC(C)C(C)(C)c1ccc(C#N)c(C#N)c1. The summed E-state index contributed by atoms with van der Waals surface area (Å²) in [7, 11) is 0. The second kappa shape index (κ2) is 4.37. The molecule has 0 atom stereocenters. The maximum atomic E-state index is 8.98. The molecule has 1 aromatic rings. The van der Waals surface area contributed by atoms with Crippen molar-refractivity contribution < 1.29 is 0 Å². The molecule has 2 nitrogen and oxygen atoms in total. The van der Waals surface area contributed by atoms with Gasteiger partial charge in [0.05, 0.1) is 11.1 Å². The van der Waals surface area contributed by atoms with E-state index >= 15 is 0 Å². The summed E-state index contributed by atoms with van der Waals surface area (Å²) in [6.07, 6.45) is 0. The molecule has 0 saturated carbocycles. The lowest BCUT2D eigenvalue weighted by Crippen LogP contribution is -2.24. The van der Waals surface area contributed by atoms with Crippen LogP contribution in [0.15, 0.2) is 18.2 Å². The van der Waals surface area contributed by atoms with Crippen LogP contribution in [0.3, 0.4) is 0 Å². The van der Waals surface area contributed by atoms with Crippen LogP contribution in [0, 0.1) is 28.6 Å². The smallest absolute Gasteiger partial charge is 0.101 e. The standard InChI is InChI=1S/C14H16N2/c1-10(2)14(3,4)13-6-5-11(8-15)12(7-13)9-16/h5-7,10H,1-4H3. The Morgan fingerprint density at radius 1 is 1.06 bits per heavy atom. The molecule has 0 spiro atoms. The predicted molar refractivity (Wildman–Crippen MR) is 63.7 cm³/mol. The lowest BCUT2D eigenvalue weighted by molar-refractivity contribution is 0.372. The van der Waals surface area contributed by atoms with Crippen molar-refractivity contribution in [3.8, 4) is 12.1 Å². The number of nitrogens with zero attached hydrogens (tertiary/aromatic N) is 2. The number of hydrogen-bond donors (Lipinski definition) is 0. The third kappa shape index (κ3) is 2.07. The first kappa shape index (κ1) is 12.3. The van der Waals surface area contributed by atoms with Gasteiger partial charge >= 0.3 is 0 Å². The molecule has 0 unspecified atom stereocenters. The molecule has 0 bridgehead atoms. The average Bonchev–Trinajstić information content (AvgIpc) is 2.27. The van der Waals surface area contributed by atoms with Gasteiger partial charge in [0.25, 0.3) is 0 Å². The Bertz CT molecular complexity index is 470. The zero-order valence-electron chi connectivity index (χ0n) is 10.2. The maximum Gasteiger partial charge on any atom is 0.101 e. The minimum absolute atomic E-state index is 0.0135. The monoisotopic (exact) mass is 212 g/mol. The van der Waals surface area contributed by atoms with Gasteiger partial charge in [-0.2, -0.15) is 10.5 Å². The van der Waals surface area contributed by atoms with E-state index in [1.807, 2.05) is 18.2 Å². The summed E-state index contributed by atoms with van der Waals surface area (Å²) < 4.78 is 0. The topological polar surface area (TPSA) is 47.6 Å². The number of benzene rings is 1. The molecule has 1 aromatic carbocycles. The van der Waals surface area contributed by atoms with Crippen LogP contribution < -0.4 is 0 Å². The summed E-state index contributed by atoms with van der Waals surface area (Å²) in [5.41, 5.74) is 2.04. The van der Waals surface area contributed by atoms with Crippen molar-refractivity contribution in [1.82, 2.24) is 0 Å². The fourth-order valence-electron chi connectivity index (χ4n) is 1.47. The Hall–Kier alpha value is -1.80. The van der Waals surface area contributed by atoms with Crippen LogP contribution in [0.2, 0.25) is 0 Å². The lowest BCUT2D eigenvalue weighted by atomic mass is 9.74. The van der Waals surface area contributed by atoms with Gasteiger partial charge in [-0.3, -0.25) is 0 Å². The van der Waals surface area contributed by atoms with Crippen molar-refractivity contribution in [3.63, 3.8) is 0 Å². The van der Waals surface area contributed by atoms with Crippen molar-refractivity contribution in [2.75, 3.05) is 0 Å². The third-order valence-corrected chi connectivity index (χ3v) is 3.45. The Morgan fingerprint density at radius 2 is 1.62 bits per heavy atom. The first-order chi connectivity index (χ1) is 7.43. The van der Waals surface area contributed by atoms with Crippen LogP contribution in [0.4, 0.5) is 0 Å². The molecular weight excluding hydrogens is 196 g/mol. The van der Waals surface area contributed by atoms with E-state index in [9.17, 15) is 0 Å². The van der Waals surface area contributed by atoms with Crippen molar-refractivity contribution in [2.24, 2.45) is 5.92 Å². The van der Waals surface area contributed by atoms with Crippen LogP contribution in [0.25, 0.3) is 0 Å². The summed E-state index contributed by atoms with van der Waals surface area (Å²) >= 11 is 0. The minimum Gasteiger partial charge on any atom is -0.192 e. The van der Waals surface area contributed by atoms with Gasteiger partial charge in [-0.15, -0.1) is 0 Å². The molecule has 0 aliphatic heterocycles. The van der Waals surface area contributed by atoms with Gasteiger partial charge in [0.1, 0.15) is 12.1 Å². The maximum absolute atomic E-state index is 8.98. The van der Waals surface area contributed by atoms with Gasteiger partial charge in [-0.1, -0.05) is 33.8 Å². The van der Waals surface area contributed by atoms with Gasteiger partial charge in [0, 0.05) is 0 Å². The molecule has 0 radical (unpaired) electrons. The highest BCUT2D eigenvalue weighted by Crippen LogP contribution is 2.32. The number of rotatable bonds is 2. The van der Waals surface area contributed by atoms with Crippen molar-refractivity contribution in [2.45, 2.75) is 33.1 Å². The summed E-state index contributed by atoms with van der Waals surface area (Å²) in [4.78, 5) is 0. The molecule has 0 heterocycles. The van der Waals surface area contributed by atoms with E-state index in [1.54, 1.807) is 6.07 Å². The Morgan fingerprint density at radius 3 is 2.06 bits per heavy atom. The number of hydrogen-bond acceptors (Lipinski definition) is 2. The van der Waals surface area contributed by atoms with E-state index in [2.05, 4.69) is 33.8 Å². The minimum atomic E-state index is 0.0135. The zero-order chi connectivity index (χ0) is 12.3. The van der Waals surface area contributed by atoms with E-state index in [0.717, 1.165) is 5.56 Å². The van der Waals surface area contributed by atoms with Crippen LogP contribution >= 0.6 is 0 Å². The van der Waals surface area contributed by atoms with Gasteiger partial charge < -0.3 is 0 Å². The van der Waals surface area contributed by atoms with Crippen LogP contribution in [-0.4, -0.2) is 0 Å². The molecule has 0 aromatic heterocycles. The van der Waals surface area contributed by atoms with E-state index in [0.29, 0.717) is 17.0 Å². The first-order valence-electron chi connectivity index (χ1n) is 5.38. The highest BCUT2D eigenvalue weighted by molar-refractivity contribution is 5.48. The van der Waals surface area contributed by atoms with Gasteiger partial charge in [-0.05, 0) is 29.0 Å². The first-order valence-corrected chi connectivity index (χ1v) is 5.38. The van der Waals surface area contributed by atoms with E-state index < -0.39 is 0 Å². The van der Waals surface area contributed by atoms with Gasteiger partial charge in [0.15, 0.2) is 0 Å². The highest BCUT2D eigenvalue weighted by atomic mass is 14.3. The van der Waals surface area contributed by atoms with E-state index in [4.69, 9.17) is 10.5 Å².